The summed E-state index contributed by atoms with van der Waals surface area (Å²) in [5.74, 6) is -0.246. The molecule has 2 N–H and O–H groups in total. The third-order valence-corrected chi connectivity index (χ3v) is 3.33. The molecule has 0 bridgehead atoms. The molecular formula is C14H19FN4. The molecule has 0 amide bonds. The van der Waals surface area contributed by atoms with Crippen molar-refractivity contribution < 1.29 is 4.39 Å². The number of aromatic nitrogens is 2. The van der Waals surface area contributed by atoms with E-state index in [1.54, 1.807) is 12.4 Å². The Hall–Kier alpha value is -1.88. The van der Waals surface area contributed by atoms with Crippen LogP contribution in [-0.4, -0.2) is 23.1 Å². The van der Waals surface area contributed by atoms with Crippen LogP contribution in [0.3, 0.4) is 0 Å². The quantitative estimate of drug-likeness (QED) is 0.898. The van der Waals surface area contributed by atoms with Crippen molar-refractivity contribution in [1.82, 2.24) is 9.55 Å². The second-order valence-corrected chi connectivity index (χ2v) is 4.45. The van der Waals surface area contributed by atoms with Gasteiger partial charge in [-0.05, 0) is 25.1 Å². The lowest BCUT2D eigenvalue weighted by atomic mass is 10.1. The summed E-state index contributed by atoms with van der Waals surface area (Å²) in [4.78, 5) is 6.14. The number of nitrogens with zero attached hydrogens (tertiary/aromatic N) is 3. The zero-order valence-electron chi connectivity index (χ0n) is 11.3. The maximum absolute atomic E-state index is 13.3. The number of halogens is 1. The van der Waals surface area contributed by atoms with E-state index in [4.69, 9.17) is 5.73 Å². The van der Waals surface area contributed by atoms with Gasteiger partial charge in [0.15, 0.2) is 0 Å². The van der Waals surface area contributed by atoms with Gasteiger partial charge in [0, 0.05) is 25.8 Å². The Morgan fingerprint density at radius 2 is 2.26 bits per heavy atom. The maximum Gasteiger partial charge on any atom is 0.125 e. The van der Waals surface area contributed by atoms with Crippen molar-refractivity contribution in [3.05, 3.63) is 48.3 Å². The molecule has 1 unspecified atom stereocenters. The van der Waals surface area contributed by atoms with Gasteiger partial charge in [0.25, 0.3) is 0 Å². The second kappa shape index (κ2) is 5.84. The molecule has 2 rings (SSSR count). The number of hydrogen-bond donors (Lipinski definition) is 1. The number of likely N-dealkylation sites (N-methyl/N-ethyl adjacent to an activating group) is 1. The molecule has 1 aromatic heterocycles. The molecule has 2 aromatic rings. The van der Waals surface area contributed by atoms with Gasteiger partial charge >= 0.3 is 0 Å². The van der Waals surface area contributed by atoms with Crippen LogP contribution in [0.4, 0.5) is 10.1 Å². The molecule has 0 radical (unpaired) electrons. The molecule has 1 heterocycles. The van der Waals surface area contributed by atoms with E-state index in [2.05, 4.69) is 11.9 Å². The lowest BCUT2D eigenvalue weighted by Crippen LogP contribution is -2.32. The van der Waals surface area contributed by atoms with Crippen LogP contribution in [0, 0.1) is 5.82 Å². The molecule has 0 spiro atoms. The van der Waals surface area contributed by atoms with Crippen molar-refractivity contribution in [2.24, 2.45) is 5.73 Å². The SMILES string of the molecule is CCn1cncc1C(CN)N(C)c1cccc(F)c1. The third-order valence-electron chi connectivity index (χ3n) is 3.33. The minimum absolute atomic E-state index is 0.0238. The molecule has 0 aliphatic carbocycles. The van der Waals surface area contributed by atoms with Gasteiger partial charge in [-0.15, -0.1) is 0 Å². The summed E-state index contributed by atoms with van der Waals surface area (Å²) in [6.45, 7) is 3.34. The van der Waals surface area contributed by atoms with Crippen LogP contribution in [0.25, 0.3) is 0 Å². The smallest absolute Gasteiger partial charge is 0.125 e. The normalized spacial score (nSPS) is 12.4. The van der Waals surface area contributed by atoms with E-state index < -0.39 is 0 Å². The fraction of sp³-hybridized carbons (Fsp3) is 0.357. The Kier molecular flexibility index (Phi) is 4.16. The molecule has 0 aliphatic rings. The summed E-state index contributed by atoms with van der Waals surface area (Å²) in [7, 11) is 1.92. The lowest BCUT2D eigenvalue weighted by Gasteiger charge is -2.29. The Morgan fingerprint density at radius 1 is 1.47 bits per heavy atom. The van der Waals surface area contributed by atoms with Gasteiger partial charge < -0.3 is 15.2 Å². The number of benzene rings is 1. The molecule has 1 atom stereocenters. The zero-order chi connectivity index (χ0) is 13.8. The average molecular weight is 262 g/mol. The predicted octanol–water partition coefficient (Wildman–Crippen LogP) is 2.18. The van der Waals surface area contributed by atoms with E-state index in [-0.39, 0.29) is 11.9 Å². The molecular weight excluding hydrogens is 243 g/mol. The van der Waals surface area contributed by atoms with Gasteiger partial charge in [-0.1, -0.05) is 6.07 Å². The molecule has 5 heteroatoms. The molecule has 0 saturated carbocycles. The Morgan fingerprint density at radius 3 is 2.89 bits per heavy atom. The summed E-state index contributed by atoms with van der Waals surface area (Å²) in [6.07, 6.45) is 3.61. The number of imidazole rings is 1. The standard InChI is InChI=1S/C14H19FN4/c1-3-19-10-17-9-14(19)13(8-16)18(2)12-6-4-5-11(15)7-12/h4-7,9-10,13H,3,8,16H2,1-2H3. The van der Waals surface area contributed by atoms with Crippen molar-refractivity contribution in [3.8, 4) is 0 Å². The third kappa shape index (κ3) is 2.76. The van der Waals surface area contributed by atoms with Crippen LogP contribution < -0.4 is 10.6 Å². The number of nitrogens with two attached hydrogens (primary N) is 1. The Balaban J connectivity index is 2.32. The van der Waals surface area contributed by atoms with E-state index in [0.29, 0.717) is 6.54 Å². The first-order valence-electron chi connectivity index (χ1n) is 6.35. The van der Waals surface area contributed by atoms with Crippen molar-refractivity contribution >= 4 is 5.69 Å². The summed E-state index contributed by atoms with van der Waals surface area (Å²) in [5.41, 5.74) is 7.73. The van der Waals surface area contributed by atoms with Gasteiger partial charge in [0.1, 0.15) is 5.82 Å². The van der Waals surface area contributed by atoms with E-state index in [1.165, 1.54) is 12.1 Å². The molecule has 0 aliphatic heterocycles. The minimum atomic E-state index is -0.246. The number of anilines is 1. The topological polar surface area (TPSA) is 47.1 Å². The van der Waals surface area contributed by atoms with Gasteiger partial charge in [-0.25, -0.2) is 9.37 Å². The lowest BCUT2D eigenvalue weighted by molar-refractivity contribution is 0.596. The zero-order valence-corrected chi connectivity index (χ0v) is 11.3. The minimum Gasteiger partial charge on any atom is -0.365 e. The molecule has 102 valence electrons. The summed E-state index contributed by atoms with van der Waals surface area (Å²) in [6, 6.07) is 6.49. The molecule has 0 saturated heterocycles. The monoisotopic (exact) mass is 262 g/mol. The van der Waals surface area contributed by atoms with Crippen LogP contribution in [0.2, 0.25) is 0 Å². The van der Waals surface area contributed by atoms with Crippen LogP contribution in [0.1, 0.15) is 18.7 Å². The predicted molar refractivity (Wildman–Crippen MR) is 74.5 cm³/mol. The highest BCUT2D eigenvalue weighted by molar-refractivity contribution is 5.47. The fourth-order valence-corrected chi connectivity index (χ4v) is 2.23. The van der Waals surface area contributed by atoms with Crippen molar-refractivity contribution in [2.75, 3.05) is 18.5 Å². The van der Waals surface area contributed by atoms with E-state index >= 15 is 0 Å². The highest BCUT2D eigenvalue weighted by Gasteiger charge is 2.19. The number of hydrogen-bond acceptors (Lipinski definition) is 3. The van der Waals surface area contributed by atoms with Gasteiger partial charge in [-0.2, -0.15) is 0 Å². The fourth-order valence-electron chi connectivity index (χ4n) is 2.23. The van der Waals surface area contributed by atoms with Crippen molar-refractivity contribution in [2.45, 2.75) is 19.5 Å². The van der Waals surface area contributed by atoms with Crippen LogP contribution in [0.15, 0.2) is 36.8 Å². The summed E-state index contributed by atoms with van der Waals surface area (Å²) >= 11 is 0. The highest BCUT2D eigenvalue weighted by Crippen LogP contribution is 2.25. The average Bonchev–Trinajstić information content (AvgIpc) is 2.88. The van der Waals surface area contributed by atoms with Crippen molar-refractivity contribution in [3.63, 3.8) is 0 Å². The maximum atomic E-state index is 13.3. The van der Waals surface area contributed by atoms with E-state index in [1.807, 2.05) is 28.8 Å². The molecule has 0 fully saturated rings. The van der Waals surface area contributed by atoms with Crippen LogP contribution in [0.5, 0.6) is 0 Å². The van der Waals surface area contributed by atoms with Crippen LogP contribution in [-0.2, 0) is 6.54 Å². The molecule has 1 aromatic carbocycles. The first kappa shape index (κ1) is 13.5. The van der Waals surface area contributed by atoms with E-state index in [9.17, 15) is 4.39 Å². The largest absolute Gasteiger partial charge is 0.365 e. The number of rotatable bonds is 5. The van der Waals surface area contributed by atoms with Gasteiger partial charge in [-0.3, -0.25) is 0 Å². The number of aryl methyl sites for hydroxylation is 1. The molecule has 19 heavy (non-hydrogen) atoms. The first-order valence-corrected chi connectivity index (χ1v) is 6.35. The first-order chi connectivity index (χ1) is 9.17. The Bertz CT molecular complexity index is 538. The van der Waals surface area contributed by atoms with Crippen molar-refractivity contribution in [1.29, 1.82) is 0 Å². The van der Waals surface area contributed by atoms with Gasteiger partial charge in [0.2, 0.25) is 0 Å². The van der Waals surface area contributed by atoms with Gasteiger partial charge in [0.05, 0.1) is 24.3 Å². The summed E-state index contributed by atoms with van der Waals surface area (Å²) in [5, 5.41) is 0. The van der Waals surface area contributed by atoms with Crippen LogP contribution >= 0.6 is 0 Å². The second-order valence-electron chi connectivity index (χ2n) is 4.45. The Labute approximate surface area is 112 Å². The molecule has 4 nitrogen and oxygen atoms in total. The highest BCUT2D eigenvalue weighted by atomic mass is 19.1. The summed E-state index contributed by atoms with van der Waals surface area (Å²) < 4.78 is 15.4. The van der Waals surface area contributed by atoms with E-state index in [0.717, 1.165) is 17.9 Å².